The number of nitrogens with one attached hydrogen (secondary N) is 3. The Kier molecular flexibility index (Phi) is 12.3. The highest BCUT2D eigenvalue weighted by Crippen LogP contribution is 2.27. The number of halogens is 4. The number of ether oxygens (including phenoxy) is 3. The van der Waals surface area contributed by atoms with E-state index in [1.54, 1.807) is 42.5 Å². The standard InChI is InChI=1S/C34H36ClF3N8O7/c1-33(2)18-40-28(47)22-5-7-23(8-6-22)41-30-42-29(43-31(44-30)52-20-34(36,37)38)39-17-21-4-13-27(26(35)16-21)51-15-3-14-45(19-33)32(48)53-25-11-9-24(10-12-25)46(49)50/h4-13,16,49-50H,3,14-15,17-20H2,1-2H3,(H,40,47)(H2,39,41,42,43,44). The van der Waals surface area contributed by atoms with Gasteiger partial charge in [0.25, 0.3) is 5.91 Å². The lowest BCUT2D eigenvalue weighted by Crippen LogP contribution is -2.46. The summed E-state index contributed by atoms with van der Waals surface area (Å²) in [4.78, 5) is 40.2. The molecule has 2 amide bonds. The van der Waals surface area contributed by atoms with E-state index in [-0.39, 0.29) is 72.3 Å². The monoisotopic (exact) mass is 760 g/mol. The van der Waals surface area contributed by atoms with Gasteiger partial charge in [0.1, 0.15) is 11.5 Å². The SMILES string of the molecule is CC1(C)CNC(=O)c2ccc(cc2)Nc2nc(nc(OCC(F)(F)F)n2)NCc2ccc(c(Cl)c2)OCCCN(C(=O)Oc2ccc(N(O)O)cc2)C1. The fourth-order valence-electron chi connectivity index (χ4n) is 4.97. The van der Waals surface area contributed by atoms with Gasteiger partial charge in [0.2, 0.25) is 11.9 Å². The van der Waals surface area contributed by atoms with Gasteiger partial charge >= 0.3 is 18.3 Å². The summed E-state index contributed by atoms with van der Waals surface area (Å²) in [6, 6.07) is 16.2. The third-order valence-corrected chi connectivity index (χ3v) is 7.83. The topological polar surface area (TPSA) is 184 Å². The molecule has 6 bridgehead atoms. The summed E-state index contributed by atoms with van der Waals surface area (Å²) in [7, 11) is 0. The summed E-state index contributed by atoms with van der Waals surface area (Å²) < 4.78 is 54.9. The fourth-order valence-corrected chi connectivity index (χ4v) is 5.23. The van der Waals surface area contributed by atoms with Crippen molar-refractivity contribution < 1.29 is 47.4 Å². The summed E-state index contributed by atoms with van der Waals surface area (Å²) >= 11 is 6.50. The minimum absolute atomic E-state index is 0.0581. The van der Waals surface area contributed by atoms with Gasteiger partial charge in [0.15, 0.2) is 6.61 Å². The summed E-state index contributed by atoms with van der Waals surface area (Å²) in [6.45, 7) is 3.00. The Hall–Kier alpha value is -5.59. The molecule has 0 saturated carbocycles. The number of carbonyl (C=O) groups excluding carboxylic acids is 2. The molecule has 0 saturated heterocycles. The lowest BCUT2D eigenvalue weighted by atomic mass is 9.92. The number of carbonyl (C=O) groups is 2. The van der Waals surface area contributed by atoms with Crippen LogP contribution in [-0.2, 0) is 6.54 Å². The Balaban J connectivity index is 1.37. The van der Waals surface area contributed by atoms with Crippen molar-refractivity contribution in [2.24, 2.45) is 5.41 Å². The molecule has 282 valence electrons. The van der Waals surface area contributed by atoms with E-state index in [0.29, 0.717) is 29.0 Å². The van der Waals surface area contributed by atoms with Crippen LogP contribution in [0.1, 0.15) is 36.2 Å². The number of aromatic nitrogens is 3. The second kappa shape index (κ2) is 16.8. The smallest absolute Gasteiger partial charge is 0.422 e. The number of nitrogens with zero attached hydrogens (tertiary/aromatic N) is 5. The molecule has 3 aromatic carbocycles. The van der Waals surface area contributed by atoms with Crippen molar-refractivity contribution in [2.45, 2.75) is 33.0 Å². The molecule has 0 radical (unpaired) electrons. The van der Waals surface area contributed by atoms with Crippen LogP contribution in [-0.4, -0.2) is 81.3 Å². The van der Waals surface area contributed by atoms with Gasteiger partial charge in [-0.25, -0.2) is 4.79 Å². The van der Waals surface area contributed by atoms with Crippen LogP contribution in [0.2, 0.25) is 5.02 Å². The first kappa shape index (κ1) is 38.6. The van der Waals surface area contributed by atoms with Gasteiger partial charge in [0, 0.05) is 37.4 Å². The van der Waals surface area contributed by atoms with E-state index in [4.69, 9.17) is 25.8 Å². The van der Waals surface area contributed by atoms with Crippen LogP contribution in [0.25, 0.3) is 0 Å². The van der Waals surface area contributed by atoms with Crippen LogP contribution in [0.15, 0.2) is 66.7 Å². The summed E-state index contributed by atoms with van der Waals surface area (Å²) in [6.07, 6.45) is -4.91. The largest absolute Gasteiger partial charge is 0.492 e. The van der Waals surface area contributed by atoms with E-state index in [1.165, 1.54) is 29.2 Å². The van der Waals surface area contributed by atoms with E-state index >= 15 is 0 Å². The minimum atomic E-state index is -4.62. The molecule has 0 atom stereocenters. The van der Waals surface area contributed by atoms with Crippen molar-refractivity contribution in [3.05, 3.63) is 82.9 Å². The molecule has 4 aromatic rings. The van der Waals surface area contributed by atoms with Crippen molar-refractivity contribution in [3.8, 4) is 17.5 Å². The molecule has 0 fully saturated rings. The molecule has 5 N–H and O–H groups in total. The van der Waals surface area contributed by atoms with Gasteiger partial charge in [-0.05, 0) is 78.1 Å². The number of anilines is 4. The predicted molar refractivity (Wildman–Crippen MR) is 186 cm³/mol. The van der Waals surface area contributed by atoms with Crippen molar-refractivity contribution in [1.82, 2.24) is 25.2 Å². The zero-order valence-corrected chi connectivity index (χ0v) is 29.2. The number of amides is 2. The molecule has 53 heavy (non-hydrogen) atoms. The Bertz CT molecular complexity index is 1880. The van der Waals surface area contributed by atoms with Gasteiger partial charge in [-0.2, -0.15) is 28.1 Å². The molecule has 4 aliphatic heterocycles. The molecule has 0 spiro atoms. The van der Waals surface area contributed by atoms with E-state index in [1.807, 2.05) is 13.8 Å². The zero-order chi connectivity index (χ0) is 38.2. The third kappa shape index (κ3) is 11.7. The number of alkyl halides is 3. The summed E-state index contributed by atoms with van der Waals surface area (Å²) in [5.41, 5.74) is 0.844. The third-order valence-electron chi connectivity index (χ3n) is 7.54. The molecule has 0 aliphatic carbocycles. The molecule has 19 heteroatoms. The molecular weight excluding hydrogens is 725 g/mol. The highest BCUT2D eigenvalue weighted by Gasteiger charge is 2.30. The van der Waals surface area contributed by atoms with E-state index in [9.17, 15) is 33.2 Å². The number of hydrogen-bond donors (Lipinski definition) is 5. The first-order valence-corrected chi connectivity index (χ1v) is 16.5. The maximum Gasteiger partial charge on any atom is 0.422 e. The normalized spacial score (nSPS) is 15.2. The van der Waals surface area contributed by atoms with E-state index < -0.39 is 30.3 Å². The Labute approximate surface area is 306 Å². The van der Waals surface area contributed by atoms with Gasteiger partial charge in [-0.1, -0.05) is 31.5 Å². The van der Waals surface area contributed by atoms with Crippen molar-refractivity contribution >= 4 is 46.9 Å². The number of benzene rings is 3. The average Bonchev–Trinajstić information content (AvgIpc) is 3.10. The molecule has 5 heterocycles. The van der Waals surface area contributed by atoms with Crippen LogP contribution in [0, 0.1) is 5.41 Å². The Morgan fingerprint density at radius 3 is 2.42 bits per heavy atom. The van der Waals surface area contributed by atoms with Crippen molar-refractivity contribution in [2.75, 3.05) is 48.7 Å². The lowest BCUT2D eigenvalue weighted by molar-refractivity contribution is -0.154. The van der Waals surface area contributed by atoms with Crippen LogP contribution >= 0.6 is 11.6 Å². The first-order valence-electron chi connectivity index (χ1n) is 16.1. The quantitative estimate of drug-likeness (QED) is 0.143. The second-order valence-corrected chi connectivity index (χ2v) is 13.0. The maximum absolute atomic E-state index is 13.4. The number of hydrogen-bond acceptors (Lipinski definition) is 13. The minimum Gasteiger partial charge on any atom is -0.492 e. The highest BCUT2D eigenvalue weighted by atomic mass is 35.5. The molecule has 8 rings (SSSR count). The highest BCUT2D eigenvalue weighted by molar-refractivity contribution is 6.32. The Morgan fingerprint density at radius 1 is 1.02 bits per heavy atom. The van der Waals surface area contributed by atoms with E-state index in [2.05, 4.69) is 30.9 Å². The second-order valence-electron chi connectivity index (χ2n) is 12.6. The van der Waals surface area contributed by atoms with Crippen LogP contribution in [0.4, 0.5) is 41.2 Å². The predicted octanol–water partition coefficient (Wildman–Crippen LogP) is 6.45. The molecule has 15 nitrogen and oxygen atoms in total. The molecular formula is C34H36ClF3N8O7. The van der Waals surface area contributed by atoms with Crippen LogP contribution in [0.3, 0.4) is 0 Å². The van der Waals surface area contributed by atoms with Crippen molar-refractivity contribution in [1.29, 1.82) is 0 Å². The first-order chi connectivity index (χ1) is 25.1. The lowest BCUT2D eigenvalue weighted by Gasteiger charge is -2.32. The van der Waals surface area contributed by atoms with E-state index in [0.717, 1.165) is 0 Å². The molecule has 0 unspecified atom stereocenters. The summed E-state index contributed by atoms with van der Waals surface area (Å²) in [5.74, 6) is -0.0235. The summed E-state index contributed by atoms with van der Waals surface area (Å²) in [5, 5.41) is 27.4. The number of rotatable bonds is 4. The van der Waals surface area contributed by atoms with Crippen LogP contribution in [0.5, 0.6) is 17.5 Å². The zero-order valence-electron chi connectivity index (χ0n) is 28.5. The Morgan fingerprint density at radius 2 is 1.74 bits per heavy atom. The van der Waals surface area contributed by atoms with Gasteiger partial charge < -0.3 is 35.1 Å². The molecule has 4 aliphatic rings. The average molecular weight is 761 g/mol. The van der Waals surface area contributed by atoms with Gasteiger partial charge in [0.05, 0.1) is 17.3 Å². The van der Waals surface area contributed by atoms with Gasteiger partial charge in [-0.3, -0.25) is 15.2 Å². The maximum atomic E-state index is 13.4. The van der Waals surface area contributed by atoms with Crippen LogP contribution < -0.4 is 35.4 Å². The van der Waals surface area contributed by atoms with Gasteiger partial charge in [-0.15, -0.1) is 5.23 Å². The molecule has 1 aromatic heterocycles. The van der Waals surface area contributed by atoms with Crippen molar-refractivity contribution in [3.63, 3.8) is 0 Å². The fraction of sp³-hybridized carbons (Fsp3) is 0.324.